The topological polar surface area (TPSA) is 71.4 Å². The molecule has 0 aromatic rings. The maximum Gasteiger partial charge on any atom is 2.00 e. The second-order valence-electron chi connectivity index (χ2n) is 1.52. The van der Waals surface area contributed by atoms with Gasteiger partial charge in [-0.1, -0.05) is 0 Å². The molecule has 0 N–H and O–H groups in total. The van der Waals surface area contributed by atoms with Crippen molar-refractivity contribution in [2.75, 3.05) is 0 Å². The van der Waals surface area contributed by atoms with Gasteiger partial charge in [-0.25, -0.2) is 0 Å². The molecule has 5 heteroatoms. The average molecular weight is 291 g/mol. The van der Waals surface area contributed by atoms with Crippen molar-refractivity contribution in [3.63, 3.8) is 0 Å². The summed E-state index contributed by atoms with van der Waals surface area (Å²) in [6, 6.07) is 3.91. The van der Waals surface area contributed by atoms with Crippen molar-refractivity contribution >= 4 is 0 Å². The summed E-state index contributed by atoms with van der Waals surface area (Å²) in [5, 5.41) is 21.8. The van der Waals surface area contributed by atoms with Gasteiger partial charge in [-0.15, -0.1) is 0 Å². The van der Waals surface area contributed by atoms with Gasteiger partial charge in [0.1, 0.15) is 0 Å². The molecule has 3 nitrogen and oxygen atoms in total. The summed E-state index contributed by atoms with van der Waals surface area (Å²) in [5.74, 6) is 0. The molecule has 0 saturated carbocycles. The molecule has 0 fully saturated rings. The second-order valence-corrected chi connectivity index (χ2v) is 1.52. The maximum absolute atomic E-state index is 7.78. The smallest absolute Gasteiger partial charge is 0.512 e. The number of nitriles is 2. The van der Waals surface area contributed by atoms with Crippen LogP contribution in [0.3, 0.4) is 0 Å². The number of rotatable bonds is 2. The quantitative estimate of drug-likeness (QED) is 0.579. The van der Waals surface area contributed by atoms with Crippen LogP contribution in [0, 0.1) is 48.3 Å². The Hall–Kier alpha value is -0.387. The second kappa shape index (κ2) is 54.0. The molecule has 0 saturated heterocycles. The molecule has 0 aromatic heterocycles. The molecule has 0 aliphatic rings. The van der Waals surface area contributed by atoms with Crippen molar-refractivity contribution in [3.05, 3.63) is 20.4 Å². The minimum absolute atomic E-state index is 0. The van der Waals surface area contributed by atoms with E-state index in [1.165, 1.54) is 0 Å². The summed E-state index contributed by atoms with van der Waals surface area (Å²) >= 11 is 0. The van der Waals surface area contributed by atoms with Gasteiger partial charge in [-0.05, 0) is 0 Å². The minimum Gasteiger partial charge on any atom is -0.512 e. The SMILES string of the molecule is [C-]#N.[CH2-]CCC#N.[CH2-]CCC#N.[Cu+].[Zn+2]. The summed E-state index contributed by atoms with van der Waals surface area (Å²) in [7, 11) is 0. The van der Waals surface area contributed by atoms with Crippen LogP contribution in [0.2, 0.25) is 0 Å². The predicted molar refractivity (Wildman–Crippen MR) is 45.4 cm³/mol. The maximum atomic E-state index is 7.78. The van der Waals surface area contributed by atoms with E-state index in [9.17, 15) is 0 Å². The van der Waals surface area contributed by atoms with Gasteiger partial charge in [-0.2, -0.15) is 23.4 Å². The van der Waals surface area contributed by atoms with Gasteiger partial charge in [0.25, 0.3) is 0 Å². The van der Waals surface area contributed by atoms with Crippen LogP contribution in [0.25, 0.3) is 0 Å². The van der Waals surface area contributed by atoms with Gasteiger partial charge in [0, 0.05) is 12.8 Å². The zero-order chi connectivity index (χ0) is 10.2. The molecule has 0 aliphatic heterocycles. The number of unbranched alkanes of at least 4 members (excludes halogenated alkanes) is 2. The van der Waals surface area contributed by atoms with E-state index in [1.807, 2.05) is 12.1 Å². The van der Waals surface area contributed by atoms with E-state index in [0.29, 0.717) is 12.8 Å². The first-order valence-corrected chi connectivity index (χ1v) is 3.38. The molecule has 0 radical (unpaired) electrons. The number of hydrogen-bond acceptors (Lipinski definition) is 3. The Bertz CT molecular complexity index is 142. The first-order chi connectivity index (χ1) is 5.83. The van der Waals surface area contributed by atoms with Crippen LogP contribution in [0.4, 0.5) is 0 Å². The summed E-state index contributed by atoms with van der Waals surface area (Å²) in [6.45, 7) is 11.7. The van der Waals surface area contributed by atoms with Crippen LogP contribution in [0.1, 0.15) is 25.7 Å². The van der Waals surface area contributed by atoms with Crippen LogP contribution in [0.15, 0.2) is 0 Å². The normalized spacial score (nSPS) is 4.71. The molecule has 0 amide bonds. The van der Waals surface area contributed by atoms with Gasteiger partial charge < -0.3 is 25.7 Å². The molecule has 0 spiro atoms. The molecule has 14 heavy (non-hydrogen) atoms. The zero-order valence-electron chi connectivity index (χ0n) is 8.09. The zero-order valence-corrected chi connectivity index (χ0v) is 12.0. The fraction of sp³-hybridized carbons (Fsp3) is 0.444. The van der Waals surface area contributed by atoms with E-state index in [2.05, 4.69) is 13.8 Å². The van der Waals surface area contributed by atoms with Gasteiger partial charge in [0.05, 0.1) is 12.1 Å². The van der Waals surface area contributed by atoms with Crippen LogP contribution in [-0.2, 0) is 36.5 Å². The molecule has 0 heterocycles. The molecular formula is C9H12CuN3Zn. The molecule has 0 aliphatic carbocycles. The molecule has 0 aromatic carbocycles. The van der Waals surface area contributed by atoms with Crippen molar-refractivity contribution in [1.29, 1.82) is 15.8 Å². The minimum atomic E-state index is 0. The van der Waals surface area contributed by atoms with Crippen molar-refractivity contribution in [2.45, 2.75) is 25.7 Å². The largest absolute Gasteiger partial charge is 2.00 e. The van der Waals surface area contributed by atoms with Crippen molar-refractivity contribution in [1.82, 2.24) is 0 Å². The average Bonchev–Trinajstić information content (AvgIpc) is 2.12. The molecule has 0 unspecified atom stereocenters. The molecular weight excluding hydrogens is 279 g/mol. The first kappa shape index (κ1) is 29.2. The molecule has 0 rings (SSSR count). The van der Waals surface area contributed by atoms with Crippen LogP contribution < -0.4 is 0 Å². The Morgan fingerprint density at radius 2 is 1.14 bits per heavy atom. The van der Waals surface area contributed by atoms with Gasteiger partial charge >= 0.3 is 36.5 Å². The van der Waals surface area contributed by atoms with Crippen molar-refractivity contribution in [3.8, 4) is 12.1 Å². The predicted octanol–water partition coefficient (Wildman–Crippen LogP) is 2.34. The van der Waals surface area contributed by atoms with Gasteiger partial charge in [0.2, 0.25) is 0 Å². The van der Waals surface area contributed by atoms with Crippen LogP contribution in [-0.4, -0.2) is 0 Å². The van der Waals surface area contributed by atoms with Crippen LogP contribution in [0.5, 0.6) is 0 Å². The molecule has 0 bridgehead atoms. The fourth-order valence-corrected chi connectivity index (χ4v) is 0.158. The molecule has 0 atom stereocenters. The van der Waals surface area contributed by atoms with E-state index in [1.54, 1.807) is 0 Å². The van der Waals surface area contributed by atoms with E-state index in [-0.39, 0.29) is 36.5 Å². The fourth-order valence-electron chi connectivity index (χ4n) is 0.158. The Labute approximate surface area is 110 Å². The first-order valence-electron chi connectivity index (χ1n) is 3.38. The third-order valence-corrected chi connectivity index (χ3v) is 0.577. The van der Waals surface area contributed by atoms with Gasteiger partial charge in [-0.3, -0.25) is 0 Å². The third-order valence-electron chi connectivity index (χ3n) is 0.577. The Morgan fingerprint density at radius 1 is 0.929 bits per heavy atom. The summed E-state index contributed by atoms with van der Waals surface area (Å²) in [4.78, 5) is 0. The number of hydrogen-bond donors (Lipinski definition) is 0. The van der Waals surface area contributed by atoms with Crippen LogP contribution >= 0.6 is 0 Å². The Kier molecular flexibility index (Phi) is 113. The molecule has 76 valence electrons. The summed E-state index contributed by atoms with van der Waals surface area (Å²) < 4.78 is 0. The Balaban J connectivity index is -0.0000000292. The van der Waals surface area contributed by atoms with Crippen molar-refractivity contribution < 1.29 is 36.5 Å². The van der Waals surface area contributed by atoms with Gasteiger partial charge in [0.15, 0.2) is 0 Å². The monoisotopic (exact) mass is 289 g/mol. The van der Waals surface area contributed by atoms with E-state index in [0.717, 1.165) is 12.8 Å². The standard InChI is InChI=1S/2C4H6N.CN.Cu.Zn/c2*1-2-3-4-5;1-2;;/h2*1-3H2;;;/q3*-1;+1;+2. The Morgan fingerprint density at radius 3 is 1.14 bits per heavy atom. The number of nitrogens with zero attached hydrogens (tertiary/aromatic N) is 3. The van der Waals surface area contributed by atoms with E-state index < -0.39 is 0 Å². The summed E-state index contributed by atoms with van der Waals surface area (Å²) in [6.07, 6.45) is 2.63. The third kappa shape index (κ3) is 100. The summed E-state index contributed by atoms with van der Waals surface area (Å²) in [5.41, 5.74) is 0. The van der Waals surface area contributed by atoms with E-state index in [4.69, 9.17) is 22.4 Å². The van der Waals surface area contributed by atoms with Crippen molar-refractivity contribution in [2.24, 2.45) is 0 Å². The van der Waals surface area contributed by atoms with E-state index >= 15 is 0 Å².